The van der Waals surface area contributed by atoms with E-state index in [-0.39, 0.29) is 33.9 Å². The molecule has 0 saturated carbocycles. The van der Waals surface area contributed by atoms with Crippen LogP contribution in [-0.4, -0.2) is 9.13 Å². The van der Waals surface area contributed by atoms with E-state index in [1.165, 1.54) is 12.1 Å². The zero-order chi connectivity index (χ0) is 43.7. The van der Waals surface area contributed by atoms with E-state index in [0.717, 1.165) is 0 Å². The summed E-state index contributed by atoms with van der Waals surface area (Å²) >= 11 is 0. The average molecular weight is 822 g/mol. The van der Waals surface area contributed by atoms with Crippen LogP contribution < -0.4 is 0 Å². The second-order valence-corrected chi connectivity index (χ2v) is 14.4. The number of hydrogen-bond acceptors (Lipinski definition) is 5. The van der Waals surface area contributed by atoms with Crippen LogP contribution in [-0.2, 0) is 12.4 Å². The molecule has 0 N–H and O–H groups in total. The van der Waals surface area contributed by atoms with Gasteiger partial charge in [-0.2, -0.15) is 52.7 Å². The minimum absolute atomic E-state index is 0.0297. The molecule has 0 radical (unpaired) electrons. The SMILES string of the molecule is N#Cc1ccc2c(c1)c1cc(C#N)ccc1n2-c1ccc(-c2cc(C(F)(F)F)cc(C(F)(F)F)c2)cc1-c1c(C#N)cccc1-n1c2ccc(C#N)cc2c2cc(C#N)ccc21. The highest BCUT2D eigenvalue weighted by Crippen LogP contribution is 2.45. The van der Waals surface area contributed by atoms with E-state index < -0.39 is 23.5 Å². The Morgan fingerprint density at radius 3 is 1.19 bits per heavy atom. The normalized spacial score (nSPS) is 11.6. The molecule has 7 nitrogen and oxygen atoms in total. The highest BCUT2D eigenvalue weighted by molar-refractivity contribution is 6.12. The predicted octanol–water partition coefficient (Wildman–Crippen LogP) is 12.6. The summed E-state index contributed by atoms with van der Waals surface area (Å²) in [5.74, 6) is 0. The fraction of sp³-hybridized carbons (Fsp3) is 0.0408. The summed E-state index contributed by atoms with van der Waals surface area (Å²) in [6.45, 7) is 0. The first-order valence-electron chi connectivity index (χ1n) is 18.5. The van der Waals surface area contributed by atoms with Crippen molar-refractivity contribution in [3.63, 3.8) is 0 Å². The molecule has 0 amide bonds. The van der Waals surface area contributed by atoms with Crippen molar-refractivity contribution < 1.29 is 26.3 Å². The maximum atomic E-state index is 14.2. The minimum Gasteiger partial charge on any atom is -0.309 e. The Balaban J connectivity index is 1.45. The van der Waals surface area contributed by atoms with Crippen LogP contribution in [0.3, 0.4) is 0 Å². The van der Waals surface area contributed by atoms with Crippen molar-refractivity contribution in [2.24, 2.45) is 0 Å². The number of halogens is 6. The molecule has 9 rings (SSSR count). The van der Waals surface area contributed by atoms with Crippen molar-refractivity contribution in [1.82, 2.24) is 9.13 Å². The van der Waals surface area contributed by atoms with Crippen molar-refractivity contribution >= 4 is 43.6 Å². The summed E-state index contributed by atoms with van der Waals surface area (Å²) in [6.07, 6.45) is -10.2. The molecule has 0 atom stereocenters. The molecule has 0 aliphatic heterocycles. The van der Waals surface area contributed by atoms with Crippen molar-refractivity contribution in [3.8, 4) is 64.0 Å². The van der Waals surface area contributed by atoms with E-state index in [9.17, 15) is 52.7 Å². The Morgan fingerprint density at radius 1 is 0.387 bits per heavy atom. The Bertz CT molecular complexity index is 3450. The molecule has 9 aromatic rings. The van der Waals surface area contributed by atoms with Gasteiger partial charge in [-0.3, -0.25) is 0 Å². The largest absolute Gasteiger partial charge is 0.416 e. The second kappa shape index (κ2) is 14.2. The quantitative estimate of drug-likeness (QED) is 0.163. The van der Waals surface area contributed by atoms with Gasteiger partial charge in [0.15, 0.2) is 0 Å². The van der Waals surface area contributed by atoms with Gasteiger partial charge < -0.3 is 9.13 Å². The van der Waals surface area contributed by atoms with Crippen LogP contribution >= 0.6 is 0 Å². The summed E-state index contributed by atoms with van der Waals surface area (Å²) in [5.41, 5.74) is 1.43. The fourth-order valence-electron chi connectivity index (χ4n) is 8.18. The predicted molar refractivity (Wildman–Crippen MR) is 220 cm³/mol. The molecule has 294 valence electrons. The molecule has 2 aromatic heterocycles. The molecule has 0 unspecified atom stereocenters. The Kier molecular flexibility index (Phi) is 8.84. The standard InChI is InChI=1S/C49H21F6N7/c50-48(51,52)34-18-33(19-35(21-34)49(53,54)55)31-8-13-45(61-41-9-4-27(22-56)14-36(41)37-15-28(23-57)5-10-42(37)61)40(20-31)47-32(26-60)2-1-3-46(47)62-43-11-6-29(24-58)16-38(43)39-17-30(25-59)7-12-44(39)62/h1-21H. The molecule has 0 aliphatic rings. The lowest BCUT2D eigenvalue weighted by atomic mass is 9.91. The third-order valence-corrected chi connectivity index (χ3v) is 10.9. The van der Waals surface area contributed by atoms with Crippen LogP contribution in [0.15, 0.2) is 127 Å². The number of nitrogens with zero attached hydrogens (tertiary/aromatic N) is 7. The molecular weight excluding hydrogens is 801 g/mol. The Labute approximate surface area is 347 Å². The van der Waals surface area contributed by atoms with E-state index in [2.05, 4.69) is 30.3 Å². The van der Waals surface area contributed by atoms with E-state index in [4.69, 9.17) is 0 Å². The fourth-order valence-corrected chi connectivity index (χ4v) is 8.18. The third kappa shape index (κ3) is 6.20. The number of hydrogen-bond donors (Lipinski definition) is 0. The van der Waals surface area contributed by atoms with Gasteiger partial charge in [0.25, 0.3) is 0 Å². The Morgan fingerprint density at radius 2 is 0.806 bits per heavy atom. The van der Waals surface area contributed by atoms with Gasteiger partial charge in [0.05, 0.1) is 103 Å². The number of fused-ring (bicyclic) bond motifs is 6. The van der Waals surface area contributed by atoms with Crippen molar-refractivity contribution in [1.29, 1.82) is 26.3 Å². The molecule has 0 bridgehead atoms. The maximum Gasteiger partial charge on any atom is 0.416 e. The van der Waals surface area contributed by atoms with Gasteiger partial charge in [-0.25, -0.2) is 0 Å². The van der Waals surface area contributed by atoms with Gasteiger partial charge in [0.1, 0.15) is 0 Å². The van der Waals surface area contributed by atoms with Crippen molar-refractivity contribution in [2.75, 3.05) is 0 Å². The van der Waals surface area contributed by atoms with Gasteiger partial charge in [0.2, 0.25) is 0 Å². The lowest BCUT2D eigenvalue weighted by Crippen LogP contribution is -2.11. The lowest BCUT2D eigenvalue weighted by Gasteiger charge is -2.21. The molecule has 13 heteroatoms. The van der Waals surface area contributed by atoms with E-state index in [1.54, 1.807) is 97.1 Å². The molecule has 0 spiro atoms. The highest BCUT2D eigenvalue weighted by Gasteiger charge is 2.37. The first-order chi connectivity index (χ1) is 29.8. The molecule has 62 heavy (non-hydrogen) atoms. The third-order valence-electron chi connectivity index (χ3n) is 10.9. The maximum absolute atomic E-state index is 14.2. The van der Waals surface area contributed by atoms with Crippen LogP contribution in [0.2, 0.25) is 0 Å². The van der Waals surface area contributed by atoms with Crippen LogP contribution in [0.5, 0.6) is 0 Å². The van der Waals surface area contributed by atoms with E-state index >= 15 is 0 Å². The Hall–Kier alpha value is -8.83. The van der Waals surface area contributed by atoms with Gasteiger partial charge in [0, 0.05) is 32.7 Å². The van der Waals surface area contributed by atoms with Crippen LogP contribution in [0.4, 0.5) is 26.3 Å². The van der Waals surface area contributed by atoms with E-state index in [1.807, 2.05) is 9.13 Å². The van der Waals surface area contributed by atoms with Gasteiger partial charge in [-0.1, -0.05) is 12.1 Å². The summed E-state index contributed by atoms with van der Waals surface area (Å²) in [4.78, 5) is 0. The molecule has 0 fully saturated rings. The summed E-state index contributed by atoms with van der Waals surface area (Å²) in [6, 6.07) is 41.3. The minimum atomic E-state index is -5.12. The number of nitriles is 5. The number of aromatic nitrogens is 2. The summed E-state index contributed by atoms with van der Waals surface area (Å²) in [7, 11) is 0. The first-order valence-corrected chi connectivity index (χ1v) is 18.5. The van der Waals surface area contributed by atoms with E-state index in [0.29, 0.717) is 89.4 Å². The first kappa shape index (κ1) is 38.7. The number of rotatable bonds is 4. The van der Waals surface area contributed by atoms with Gasteiger partial charge in [-0.05, 0) is 126 Å². The zero-order valence-electron chi connectivity index (χ0n) is 31.5. The smallest absolute Gasteiger partial charge is 0.309 e. The summed E-state index contributed by atoms with van der Waals surface area (Å²) in [5, 5.41) is 52.5. The summed E-state index contributed by atoms with van der Waals surface area (Å²) < 4.78 is 89.0. The molecular formula is C49H21F6N7. The lowest BCUT2D eigenvalue weighted by molar-refractivity contribution is -0.143. The molecule has 7 aromatic carbocycles. The topological polar surface area (TPSA) is 129 Å². The second-order valence-electron chi connectivity index (χ2n) is 14.4. The molecule has 2 heterocycles. The van der Waals surface area contributed by atoms with Gasteiger partial charge >= 0.3 is 12.4 Å². The van der Waals surface area contributed by atoms with Crippen LogP contribution in [0, 0.1) is 56.7 Å². The van der Waals surface area contributed by atoms with Crippen molar-refractivity contribution in [2.45, 2.75) is 12.4 Å². The molecule has 0 aliphatic carbocycles. The van der Waals surface area contributed by atoms with Crippen LogP contribution in [0.1, 0.15) is 38.9 Å². The van der Waals surface area contributed by atoms with Crippen molar-refractivity contribution in [3.05, 3.63) is 166 Å². The van der Waals surface area contributed by atoms with Crippen LogP contribution in [0.25, 0.3) is 77.2 Å². The monoisotopic (exact) mass is 821 g/mol. The average Bonchev–Trinajstić information content (AvgIpc) is 3.78. The molecule has 0 saturated heterocycles. The zero-order valence-corrected chi connectivity index (χ0v) is 31.5. The van der Waals surface area contributed by atoms with Gasteiger partial charge in [-0.15, -0.1) is 0 Å². The number of benzene rings is 7. The number of alkyl halides is 6. The highest BCUT2D eigenvalue weighted by atomic mass is 19.4.